The molecule has 3 unspecified atom stereocenters. The summed E-state index contributed by atoms with van der Waals surface area (Å²) in [6, 6.07) is 14.0. The number of amides is 1. The van der Waals surface area contributed by atoms with Gasteiger partial charge in [-0.2, -0.15) is 0 Å². The van der Waals surface area contributed by atoms with Crippen molar-refractivity contribution >= 4 is 17.5 Å². The molecule has 1 N–H and O–H groups in total. The summed E-state index contributed by atoms with van der Waals surface area (Å²) in [6.45, 7) is 5.64. The number of benzene rings is 2. The molecule has 6 heteroatoms. The zero-order valence-corrected chi connectivity index (χ0v) is 20.9. The number of nitrogens with one attached hydrogen (secondary N) is 1. The molecule has 5 nitrogen and oxygen atoms in total. The molecule has 182 valence electrons. The van der Waals surface area contributed by atoms with Crippen molar-refractivity contribution in [3.8, 4) is 5.75 Å². The second-order valence-electron chi connectivity index (χ2n) is 10.0. The number of likely N-dealkylation sites (tertiary alicyclic amines) is 1. The van der Waals surface area contributed by atoms with E-state index in [1.54, 1.807) is 31.4 Å². The number of hydrogen-bond donors (Lipinski definition) is 1. The average Bonchev–Trinajstić information content (AvgIpc) is 3.66. The molecule has 3 aliphatic rings. The Morgan fingerprint density at radius 3 is 2.71 bits per heavy atom. The van der Waals surface area contributed by atoms with Crippen LogP contribution >= 0.6 is 11.6 Å². The monoisotopic (exact) mass is 482 g/mol. The first-order valence-electron chi connectivity index (χ1n) is 12.6. The van der Waals surface area contributed by atoms with Crippen LogP contribution in [0.2, 0.25) is 5.02 Å². The fourth-order valence-corrected chi connectivity index (χ4v) is 6.22. The van der Waals surface area contributed by atoms with Crippen molar-refractivity contribution in [2.24, 2.45) is 5.92 Å². The molecular formula is C28H35ClN2O3. The smallest absolute Gasteiger partial charge is 0.251 e. The first-order valence-corrected chi connectivity index (χ1v) is 13.0. The summed E-state index contributed by atoms with van der Waals surface area (Å²) in [5.41, 5.74) is 3.22. The van der Waals surface area contributed by atoms with Crippen LogP contribution in [-0.2, 0) is 16.6 Å². The van der Waals surface area contributed by atoms with Gasteiger partial charge >= 0.3 is 0 Å². The Hall–Kier alpha value is -2.08. The Morgan fingerprint density at radius 1 is 1.21 bits per heavy atom. The number of fused-ring (bicyclic) bond motifs is 4. The molecule has 2 aromatic carbocycles. The average molecular weight is 483 g/mol. The van der Waals surface area contributed by atoms with Gasteiger partial charge < -0.3 is 14.8 Å². The minimum absolute atomic E-state index is 0.0644. The number of ether oxygens (including phenoxy) is 2. The summed E-state index contributed by atoms with van der Waals surface area (Å²) in [5.74, 6) is 1.67. The van der Waals surface area contributed by atoms with Crippen molar-refractivity contribution in [3.05, 3.63) is 64.2 Å². The van der Waals surface area contributed by atoms with Crippen molar-refractivity contribution in [1.29, 1.82) is 0 Å². The Labute approximate surface area is 207 Å². The third kappa shape index (κ3) is 4.58. The van der Waals surface area contributed by atoms with Crippen LogP contribution in [0.3, 0.4) is 0 Å². The van der Waals surface area contributed by atoms with Crippen molar-refractivity contribution < 1.29 is 14.3 Å². The van der Waals surface area contributed by atoms with E-state index in [4.69, 9.17) is 21.1 Å². The lowest BCUT2D eigenvalue weighted by molar-refractivity contribution is -0.0993. The van der Waals surface area contributed by atoms with Crippen LogP contribution in [0, 0.1) is 5.92 Å². The summed E-state index contributed by atoms with van der Waals surface area (Å²) < 4.78 is 12.2. The largest absolute Gasteiger partial charge is 0.497 e. The molecule has 1 saturated carbocycles. The number of methoxy groups -OCH3 is 1. The Morgan fingerprint density at radius 2 is 2.00 bits per heavy atom. The zero-order valence-electron chi connectivity index (χ0n) is 20.2. The standard InChI is InChI=1S/C28H35ClN2O3/c1-3-34-26-25-16-21-8-11-23(33-2)17-24(21)28(26,13-15-31(25)18-19-4-5-19)12-14-30-27(32)20-6-9-22(29)10-7-20/h6-11,17,19,25-26H,3-5,12-16,18H2,1-2H3,(H,30,32). The van der Waals surface area contributed by atoms with Gasteiger partial charge in [-0.3, -0.25) is 9.69 Å². The van der Waals surface area contributed by atoms with Crippen LogP contribution in [0.4, 0.5) is 0 Å². The Kier molecular flexibility index (Phi) is 6.88. The second kappa shape index (κ2) is 9.88. The number of halogens is 1. The fraction of sp³-hybridized carbons (Fsp3) is 0.536. The van der Waals surface area contributed by atoms with Crippen LogP contribution in [0.5, 0.6) is 5.75 Å². The molecule has 2 fully saturated rings. The van der Waals surface area contributed by atoms with Gasteiger partial charge in [0.2, 0.25) is 0 Å². The summed E-state index contributed by atoms with van der Waals surface area (Å²) in [6.07, 6.45) is 5.70. The van der Waals surface area contributed by atoms with Gasteiger partial charge in [-0.05, 0) is 99.0 Å². The van der Waals surface area contributed by atoms with E-state index in [-0.39, 0.29) is 17.4 Å². The zero-order chi connectivity index (χ0) is 23.7. The third-order valence-electron chi connectivity index (χ3n) is 7.99. The van der Waals surface area contributed by atoms with Crippen molar-refractivity contribution in [2.75, 3.05) is 33.4 Å². The highest BCUT2D eigenvalue weighted by Crippen LogP contribution is 2.50. The van der Waals surface area contributed by atoms with Crippen LogP contribution in [0.15, 0.2) is 42.5 Å². The number of hydrogen-bond acceptors (Lipinski definition) is 4. The molecular weight excluding hydrogens is 448 g/mol. The third-order valence-corrected chi connectivity index (χ3v) is 8.24. The number of carbonyl (C=O) groups is 1. The quantitative estimate of drug-likeness (QED) is 0.555. The number of carbonyl (C=O) groups excluding carboxylic acids is 1. The molecule has 2 aromatic rings. The summed E-state index contributed by atoms with van der Waals surface area (Å²) in [5, 5.41) is 3.79. The van der Waals surface area contributed by atoms with E-state index in [0.717, 1.165) is 37.5 Å². The Balaban J connectivity index is 1.42. The lowest BCUT2D eigenvalue weighted by Crippen LogP contribution is -2.64. The maximum atomic E-state index is 12.8. The van der Waals surface area contributed by atoms with Crippen LogP contribution in [0.1, 0.15) is 54.1 Å². The van der Waals surface area contributed by atoms with Crippen LogP contribution in [0.25, 0.3) is 0 Å². The molecule has 5 rings (SSSR count). The van der Waals surface area contributed by atoms with E-state index in [9.17, 15) is 4.79 Å². The van der Waals surface area contributed by atoms with Gasteiger partial charge in [-0.25, -0.2) is 0 Å². The highest BCUT2D eigenvalue weighted by atomic mass is 35.5. The number of nitrogens with zero attached hydrogens (tertiary/aromatic N) is 1. The van der Waals surface area contributed by atoms with E-state index in [1.807, 2.05) is 0 Å². The minimum Gasteiger partial charge on any atom is -0.497 e. The maximum absolute atomic E-state index is 12.8. The van der Waals surface area contributed by atoms with E-state index >= 15 is 0 Å². The van der Waals surface area contributed by atoms with Crippen molar-refractivity contribution in [3.63, 3.8) is 0 Å². The lowest BCUT2D eigenvalue weighted by Gasteiger charge is -2.56. The van der Waals surface area contributed by atoms with Gasteiger partial charge in [-0.1, -0.05) is 17.7 Å². The predicted molar refractivity (Wildman–Crippen MR) is 135 cm³/mol. The highest BCUT2D eigenvalue weighted by Gasteiger charge is 2.54. The van der Waals surface area contributed by atoms with Gasteiger partial charge in [0, 0.05) is 41.7 Å². The molecule has 1 amide bonds. The van der Waals surface area contributed by atoms with Gasteiger partial charge in [0.25, 0.3) is 5.91 Å². The molecule has 0 radical (unpaired) electrons. The lowest BCUT2D eigenvalue weighted by atomic mass is 9.60. The molecule has 0 spiro atoms. The Bertz CT molecular complexity index is 1020. The normalized spacial score (nSPS) is 26.1. The highest BCUT2D eigenvalue weighted by molar-refractivity contribution is 6.30. The van der Waals surface area contributed by atoms with Gasteiger partial charge in [-0.15, -0.1) is 0 Å². The van der Waals surface area contributed by atoms with Crippen LogP contribution < -0.4 is 10.1 Å². The molecule has 3 atom stereocenters. The van der Waals surface area contributed by atoms with Gasteiger partial charge in [0.05, 0.1) is 13.2 Å². The second-order valence-corrected chi connectivity index (χ2v) is 10.5. The molecule has 2 aliphatic carbocycles. The summed E-state index contributed by atoms with van der Waals surface area (Å²) in [4.78, 5) is 15.5. The first kappa shape index (κ1) is 23.7. The van der Waals surface area contributed by atoms with Gasteiger partial charge in [0.15, 0.2) is 0 Å². The number of rotatable bonds is 9. The maximum Gasteiger partial charge on any atom is 0.251 e. The van der Waals surface area contributed by atoms with Gasteiger partial charge in [0.1, 0.15) is 5.75 Å². The fourth-order valence-electron chi connectivity index (χ4n) is 6.10. The molecule has 1 saturated heterocycles. The van der Waals surface area contributed by atoms with E-state index in [1.165, 1.54) is 30.5 Å². The number of piperidine rings is 1. The van der Waals surface area contributed by atoms with Crippen molar-refractivity contribution in [2.45, 2.75) is 56.6 Å². The van der Waals surface area contributed by atoms with E-state index in [2.05, 4.69) is 35.3 Å². The molecule has 34 heavy (non-hydrogen) atoms. The van der Waals surface area contributed by atoms with Crippen LogP contribution in [-0.4, -0.2) is 56.3 Å². The van der Waals surface area contributed by atoms with E-state index < -0.39 is 0 Å². The SMILES string of the molecule is CCOC1C2Cc3ccc(OC)cc3C1(CCNC(=O)c1ccc(Cl)cc1)CCN2CC1CC1. The predicted octanol–water partition coefficient (Wildman–Crippen LogP) is 4.85. The topological polar surface area (TPSA) is 50.8 Å². The molecule has 0 aromatic heterocycles. The van der Waals surface area contributed by atoms with E-state index in [0.29, 0.717) is 29.8 Å². The van der Waals surface area contributed by atoms with Crippen molar-refractivity contribution in [1.82, 2.24) is 10.2 Å². The summed E-state index contributed by atoms with van der Waals surface area (Å²) in [7, 11) is 1.73. The minimum atomic E-state index is -0.143. The summed E-state index contributed by atoms with van der Waals surface area (Å²) >= 11 is 5.98. The first-order chi connectivity index (χ1) is 16.5. The molecule has 1 heterocycles. The molecule has 1 aliphatic heterocycles. The molecule has 2 bridgehead atoms.